The number of rotatable bonds is 6. The molecule has 33 heavy (non-hydrogen) atoms. The van der Waals surface area contributed by atoms with Gasteiger partial charge in [0, 0.05) is 11.1 Å². The number of ketones is 1. The Labute approximate surface area is 191 Å². The summed E-state index contributed by atoms with van der Waals surface area (Å²) in [6.45, 7) is 0.314. The van der Waals surface area contributed by atoms with E-state index >= 15 is 0 Å². The summed E-state index contributed by atoms with van der Waals surface area (Å²) in [4.78, 5) is 34.7. The average molecular weight is 438 g/mol. The lowest BCUT2D eigenvalue weighted by atomic mass is 9.98. The van der Waals surface area contributed by atoms with Crippen molar-refractivity contribution >= 4 is 17.7 Å². The predicted molar refractivity (Wildman–Crippen MR) is 125 cm³/mol. The zero-order chi connectivity index (χ0) is 23.5. The molecule has 164 valence electrons. The molecule has 0 aliphatic heterocycles. The zero-order valence-electron chi connectivity index (χ0n) is 17.8. The highest BCUT2D eigenvalue weighted by atomic mass is 16.5. The Morgan fingerprint density at radius 3 is 1.58 bits per heavy atom. The quantitative estimate of drug-likeness (QED) is 0.310. The van der Waals surface area contributed by atoms with Crippen LogP contribution in [0.2, 0.25) is 0 Å². The van der Waals surface area contributed by atoms with E-state index in [9.17, 15) is 14.4 Å². The van der Waals surface area contributed by atoms with Crippen LogP contribution in [0.3, 0.4) is 0 Å². The second-order valence-corrected chi connectivity index (χ2v) is 6.97. The number of esters is 1. The van der Waals surface area contributed by atoms with E-state index in [0.717, 1.165) is 5.56 Å². The summed E-state index contributed by atoms with van der Waals surface area (Å²) >= 11 is 0. The summed E-state index contributed by atoms with van der Waals surface area (Å²) in [6, 6.07) is 33.5. The van der Waals surface area contributed by atoms with Gasteiger partial charge in [-0.25, -0.2) is 9.59 Å². The van der Waals surface area contributed by atoms with Gasteiger partial charge in [0.2, 0.25) is 0 Å². The Morgan fingerprint density at radius 2 is 1.03 bits per heavy atom. The van der Waals surface area contributed by atoms with E-state index in [4.69, 9.17) is 9.84 Å². The molecule has 0 aliphatic rings. The normalized spacial score (nSPS) is 9.82. The van der Waals surface area contributed by atoms with Crippen LogP contribution in [-0.2, 0) is 11.3 Å². The van der Waals surface area contributed by atoms with Gasteiger partial charge in [-0.15, -0.1) is 0 Å². The van der Waals surface area contributed by atoms with Gasteiger partial charge in [0.25, 0.3) is 0 Å². The van der Waals surface area contributed by atoms with Crippen molar-refractivity contribution < 1.29 is 24.2 Å². The van der Waals surface area contributed by atoms with Gasteiger partial charge in [-0.2, -0.15) is 0 Å². The number of carboxylic acids is 1. The zero-order valence-corrected chi connectivity index (χ0v) is 17.8. The van der Waals surface area contributed by atoms with Crippen LogP contribution in [0.1, 0.15) is 42.2 Å². The van der Waals surface area contributed by atoms with Gasteiger partial charge in [0.05, 0.1) is 11.1 Å². The summed E-state index contributed by atoms with van der Waals surface area (Å²) in [5.41, 5.74) is 2.30. The van der Waals surface area contributed by atoms with Gasteiger partial charge in [0.15, 0.2) is 5.78 Å². The number of aromatic carboxylic acids is 1. The van der Waals surface area contributed by atoms with Crippen molar-refractivity contribution in [1.29, 1.82) is 0 Å². The molecule has 0 aliphatic carbocycles. The van der Waals surface area contributed by atoms with Crippen molar-refractivity contribution in [3.05, 3.63) is 143 Å². The molecule has 4 aromatic rings. The summed E-state index contributed by atoms with van der Waals surface area (Å²) in [5, 5.41) is 9.01. The highest BCUT2D eigenvalue weighted by Gasteiger charge is 2.16. The molecule has 0 heterocycles. The first-order valence-corrected chi connectivity index (χ1v) is 10.2. The maximum Gasteiger partial charge on any atom is 0.338 e. The van der Waals surface area contributed by atoms with Crippen LogP contribution in [-0.4, -0.2) is 22.8 Å². The first kappa shape index (κ1) is 23.2. The topological polar surface area (TPSA) is 80.7 Å². The number of ether oxygens (including phenoxy) is 1. The van der Waals surface area contributed by atoms with E-state index in [1.54, 1.807) is 54.6 Å². The molecular weight excluding hydrogens is 416 g/mol. The van der Waals surface area contributed by atoms with Crippen molar-refractivity contribution in [3.8, 4) is 0 Å². The predicted octanol–water partition coefficient (Wildman–Crippen LogP) is 5.66. The molecule has 0 bridgehead atoms. The monoisotopic (exact) mass is 438 g/mol. The van der Waals surface area contributed by atoms with Gasteiger partial charge < -0.3 is 9.84 Å². The molecule has 5 heteroatoms. The van der Waals surface area contributed by atoms with Crippen LogP contribution >= 0.6 is 0 Å². The van der Waals surface area contributed by atoms with E-state index in [1.165, 1.54) is 12.1 Å². The van der Waals surface area contributed by atoms with Crippen molar-refractivity contribution in [3.63, 3.8) is 0 Å². The van der Waals surface area contributed by atoms with Crippen LogP contribution in [0.4, 0.5) is 0 Å². The summed E-state index contributed by atoms with van der Waals surface area (Å²) < 4.78 is 5.18. The highest BCUT2D eigenvalue weighted by molar-refractivity contribution is 6.14. The van der Waals surface area contributed by atoms with Crippen LogP contribution in [0.15, 0.2) is 115 Å². The number of benzene rings is 4. The molecular formula is C28H22O5. The van der Waals surface area contributed by atoms with Crippen molar-refractivity contribution in [2.24, 2.45) is 0 Å². The maximum atomic E-state index is 12.1. The fraction of sp³-hybridized carbons (Fsp3) is 0.0357. The Morgan fingerprint density at radius 1 is 0.576 bits per heavy atom. The molecule has 0 spiro atoms. The van der Waals surface area contributed by atoms with E-state index in [2.05, 4.69) is 0 Å². The first-order chi connectivity index (χ1) is 16.1. The fourth-order valence-corrected chi connectivity index (χ4v) is 2.99. The molecule has 1 N–H and O–H groups in total. The molecule has 0 saturated heterocycles. The SMILES string of the molecule is O=C(O)c1ccccc1C(=O)c1ccccc1.O=C(OCc1ccccc1)c1ccccc1. The van der Waals surface area contributed by atoms with Crippen LogP contribution in [0, 0.1) is 0 Å². The van der Waals surface area contributed by atoms with Crippen molar-refractivity contribution in [2.45, 2.75) is 6.61 Å². The lowest BCUT2D eigenvalue weighted by molar-refractivity contribution is 0.0472. The number of hydrogen-bond acceptors (Lipinski definition) is 4. The molecule has 0 aromatic heterocycles. The summed E-state index contributed by atoms with van der Waals surface area (Å²) in [5.74, 6) is -1.65. The largest absolute Gasteiger partial charge is 0.478 e. The molecule has 4 aromatic carbocycles. The third-order valence-electron chi connectivity index (χ3n) is 4.66. The van der Waals surface area contributed by atoms with Gasteiger partial charge >= 0.3 is 11.9 Å². The second-order valence-electron chi connectivity index (χ2n) is 6.97. The Balaban J connectivity index is 0.000000186. The molecule has 5 nitrogen and oxygen atoms in total. The second kappa shape index (κ2) is 11.8. The summed E-state index contributed by atoms with van der Waals surface area (Å²) in [7, 11) is 0. The van der Waals surface area contributed by atoms with Crippen molar-refractivity contribution in [1.82, 2.24) is 0 Å². The average Bonchev–Trinajstić information content (AvgIpc) is 2.89. The minimum absolute atomic E-state index is 0.0290. The van der Waals surface area contributed by atoms with E-state index in [1.807, 2.05) is 48.5 Å². The molecule has 4 rings (SSSR count). The lowest BCUT2D eigenvalue weighted by Crippen LogP contribution is -2.09. The van der Waals surface area contributed by atoms with E-state index in [0.29, 0.717) is 17.7 Å². The minimum atomic E-state index is -1.09. The number of carbonyl (C=O) groups excluding carboxylic acids is 2. The van der Waals surface area contributed by atoms with Gasteiger partial charge in [-0.05, 0) is 23.8 Å². The third kappa shape index (κ3) is 6.74. The standard InChI is InChI=1S/C14H10O3.C14H12O2/c15-13(10-6-2-1-3-7-10)11-8-4-5-9-12(11)14(16)17;15-14(13-9-5-2-6-10-13)16-11-12-7-3-1-4-8-12/h1-9H,(H,16,17);1-10H,11H2. The first-order valence-electron chi connectivity index (χ1n) is 10.2. The summed E-state index contributed by atoms with van der Waals surface area (Å²) in [6.07, 6.45) is 0. The van der Waals surface area contributed by atoms with Gasteiger partial charge in [0.1, 0.15) is 6.61 Å². The van der Waals surface area contributed by atoms with E-state index < -0.39 is 5.97 Å². The molecule has 0 radical (unpaired) electrons. The number of carboxylic acid groups (broad SMARTS) is 1. The number of hydrogen-bond donors (Lipinski definition) is 1. The highest BCUT2D eigenvalue weighted by Crippen LogP contribution is 2.14. The van der Waals surface area contributed by atoms with Gasteiger partial charge in [-0.1, -0.05) is 97.1 Å². The number of carbonyl (C=O) groups is 3. The Kier molecular flexibility index (Phi) is 8.26. The molecule has 0 atom stereocenters. The lowest BCUT2D eigenvalue weighted by Gasteiger charge is -2.04. The maximum absolute atomic E-state index is 12.1. The van der Waals surface area contributed by atoms with Crippen molar-refractivity contribution in [2.75, 3.05) is 0 Å². The third-order valence-corrected chi connectivity index (χ3v) is 4.66. The Hall–Kier alpha value is -4.51. The Bertz CT molecular complexity index is 1200. The van der Waals surface area contributed by atoms with Crippen LogP contribution in [0.25, 0.3) is 0 Å². The molecule has 0 fully saturated rings. The molecule has 0 amide bonds. The van der Waals surface area contributed by atoms with Gasteiger partial charge in [-0.3, -0.25) is 4.79 Å². The smallest absolute Gasteiger partial charge is 0.338 e. The minimum Gasteiger partial charge on any atom is -0.478 e. The van der Waals surface area contributed by atoms with Crippen LogP contribution < -0.4 is 0 Å². The molecule has 0 unspecified atom stereocenters. The molecule has 0 saturated carbocycles. The van der Waals surface area contributed by atoms with E-state index in [-0.39, 0.29) is 22.9 Å². The van der Waals surface area contributed by atoms with Crippen LogP contribution in [0.5, 0.6) is 0 Å². The fourth-order valence-electron chi connectivity index (χ4n) is 2.99.